The molecule has 1 aliphatic rings. The number of guanidine groups is 1. The predicted octanol–water partition coefficient (Wildman–Crippen LogP) is 5.43. The van der Waals surface area contributed by atoms with Crippen LogP contribution in [0.5, 0.6) is 0 Å². The highest BCUT2D eigenvalue weighted by Crippen LogP contribution is 2.25. The van der Waals surface area contributed by atoms with Crippen LogP contribution >= 0.6 is 11.3 Å². The summed E-state index contributed by atoms with van der Waals surface area (Å²) in [5, 5.41) is 7.51. The topological polar surface area (TPSA) is 86.7 Å². The van der Waals surface area contributed by atoms with Crippen molar-refractivity contribution >= 4 is 50.1 Å². The Labute approximate surface area is 213 Å². The minimum atomic E-state index is -0.590. The number of carbonyl (C=O) groups is 2. The molecule has 7 nitrogen and oxygen atoms in total. The third-order valence-electron chi connectivity index (χ3n) is 6.00. The Morgan fingerprint density at radius 2 is 1.72 bits per heavy atom. The van der Waals surface area contributed by atoms with Gasteiger partial charge < -0.3 is 10.6 Å². The van der Waals surface area contributed by atoms with Crippen LogP contribution in [0.25, 0.3) is 10.2 Å². The van der Waals surface area contributed by atoms with Gasteiger partial charge in [-0.1, -0.05) is 67.6 Å². The standard InChI is InChI=1S/C28H27N5O2S/c1-18(2)24-26(35)33(25(34)20-8-4-3-5-9-20)27(32-24)30-21-14-12-19(13-15-21)16-17-29-28-31-22-10-6-7-11-23(22)36-28/h3-15,18,24H,16-17H2,1-2H3,(H,29,31)(H,30,32)/t24-/m0/s1. The van der Waals surface area contributed by atoms with E-state index in [1.807, 2.05) is 62.4 Å². The fourth-order valence-corrected chi connectivity index (χ4v) is 4.95. The number of nitrogens with zero attached hydrogens (tertiary/aromatic N) is 3. The Bertz CT molecular complexity index is 1380. The van der Waals surface area contributed by atoms with Gasteiger partial charge in [0.25, 0.3) is 11.8 Å². The van der Waals surface area contributed by atoms with Crippen LogP contribution in [0.2, 0.25) is 0 Å². The van der Waals surface area contributed by atoms with Gasteiger partial charge in [0, 0.05) is 17.8 Å². The van der Waals surface area contributed by atoms with Gasteiger partial charge in [-0.15, -0.1) is 0 Å². The van der Waals surface area contributed by atoms with Gasteiger partial charge in [-0.3, -0.25) is 9.59 Å². The van der Waals surface area contributed by atoms with Crippen molar-refractivity contribution in [3.05, 3.63) is 90.0 Å². The first-order valence-electron chi connectivity index (χ1n) is 12.0. The summed E-state index contributed by atoms with van der Waals surface area (Å²) in [5.74, 6) is -0.447. The van der Waals surface area contributed by atoms with Crippen molar-refractivity contribution in [2.24, 2.45) is 10.9 Å². The van der Waals surface area contributed by atoms with Crippen molar-refractivity contribution in [1.82, 2.24) is 9.88 Å². The second-order valence-corrected chi connectivity index (χ2v) is 10.0. The van der Waals surface area contributed by atoms with Crippen LogP contribution in [-0.4, -0.2) is 40.2 Å². The number of aliphatic imine (C=N–C) groups is 1. The molecule has 0 aliphatic carbocycles. The quantitative estimate of drug-likeness (QED) is 0.333. The summed E-state index contributed by atoms with van der Waals surface area (Å²) >= 11 is 1.65. The average molecular weight is 498 g/mol. The molecule has 2 amide bonds. The fourth-order valence-electron chi connectivity index (χ4n) is 4.06. The number of anilines is 2. The Hall–Kier alpha value is -4.04. The van der Waals surface area contributed by atoms with Crippen molar-refractivity contribution in [3.8, 4) is 0 Å². The van der Waals surface area contributed by atoms with Gasteiger partial charge in [-0.05, 0) is 54.3 Å². The Morgan fingerprint density at radius 3 is 2.44 bits per heavy atom. The molecule has 2 heterocycles. The number of hydrogen-bond donors (Lipinski definition) is 2. The molecule has 0 spiro atoms. The van der Waals surface area contributed by atoms with Gasteiger partial charge in [-0.2, -0.15) is 0 Å². The number of para-hydroxylation sites is 1. The first kappa shape index (κ1) is 23.7. The number of benzene rings is 3. The van der Waals surface area contributed by atoms with Gasteiger partial charge in [-0.25, -0.2) is 14.9 Å². The lowest BCUT2D eigenvalue weighted by Crippen LogP contribution is -2.43. The maximum Gasteiger partial charge on any atom is 0.267 e. The van der Waals surface area contributed by atoms with E-state index >= 15 is 0 Å². The highest BCUT2D eigenvalue weighted by Gasteiger charge is 2.40. The molecule has 0 radical (unpaired) electrons. The molecule has 1 aliphatic heterocycles. The monoisotopic (exact) mass is 497 g/mol. The van der Waals surface area contributed by atoms with Crippen molar-refractivity contribution in [3.63, 3.8) is 0 Å². The summed E-state index contributed by atoms with van der Waals surface area (Å²) in [7, 11) is 0. The Balaban J connectivity index is 1.24. The molecule has 0 saturated heterocycles. The summed E-state index contributed by atoms with van der Waals surface area (Å²) in [6.07, 6.45) is 0.837. The molecule has 1 aromatic heterocycles. The van der Waals surface area contributed by atoms with E-state index in [1.54, 1.807) is 35.6 Å². The summed E-state index contributed by atoms with van der Waals surface area (Å²) < 4.78 is 1.17. The minimum Gasteiger partial charge on any atom is -0.361 e. The molecule has 0 saturated carbocycles. The number of nitrogens with one attached hydrogen (secondary N) is 2. The summed E-state index contributed by atoms with van der Waals surface area (Å²) in [4.78, 5) is 36.5. The number of thiazole rings is 1. The highest BCUT2D eigenvalue weighted by molar-refractivity contribution is 7.22. The van der Waals surface area contributed by atoms with E-state index in [-0.39, 0.29) is 23.7 Å². The highest BCUT2D eigenvalue weighted by atomic mass is 32.1. The van der Waals surface area contributed by atoms with E-state index in [1.165, 1.54) is 4.70 Å². The van der Waals surface area contributed by atoms with E-state index in [9.17, 15) is 9.59 Å². The van der Waals surface area contributed by atoms with Crippen LogP contribution in [0, 0.1) is 5.92 Å². The lowest BCUT2D eigenvalue weighted by atomic mass is 10.0. The smallest absolute Gasteiger partial charge is 0.267 e. The molecule has 4 aromatic rings. The molecule has 0 unspecified atom stereocenters. The van der Waals surface area contributed by atoms with Crippen molar-refractivity contribution < 1.29 is 9.59 Å². The lowest BCUT2D eigenvalue weighted by Gasteiger charge is -2.19. The van der Waals surface area contributed by atoms with Gasteiger partial charge >= 0.3 is 0 Å². The van der Waals surface area contributed by atoms with E-state index in [2.05, 4.69) is 26.7 Å². The first-order valence-corrected chi connectivity index (χ1v) is 12.8. The Kier molecular flexibility index (Phi) is 6.77. The van der Waals surface area contributed by atoms with Crippen LogP contribution in [-0.2, 0) is 11.2 Å². The third kappa shape index (κ3) is 4.99. The summed E-state index contributed by atoms with van der Waals surface area (Å²) in [5.41, 5.74) is 3.38. The van der Waals surface area contributed by atoms with E-state index in [0.717, 1.165) is 39.8 Å². The number of fused-ring (bicyclic) bond motifs is 1. The number of imide groups is 1. The van der Waals surface area contributed by atoms with Crippen molar-refractivity contribution in [1.29, 1.82) is 0 Å². The van der Waals surface area contributed by atoms with Gasteiger partial charge in [0.15, 0.2) is 5.13 Å². The largest absolute Gasteiger partial charge is 0.361 e. The number of amides is 2. The van der Waals surface area contributed by atoms with Crippen LogP contribution in [0.4, 0.5) is 10.8 Å². The molecular weight excluding hydrogens is 470 g/mol. The number of hydrogen-bond acceptors (Lipinski definition) is 7. The zero-order valence-electron chi connectivity index (χ0n) is 20.1. The lowest BCUT2D eigenvalue weighted by molar-refractivity contribution is -0.126. The van der Waals surface area contributed by atoms with Crippen LogP contribution in [0.1, 0.15) is 29.8 Å². The van der Waals surface area contributed by atoms with Crippen LogP contribution in [0.3, 0.4) is 0 Å². The van der Waals surface area contributed by atoms with Crippen molar-refractivity contribution in [2.75, 3.05) is 17.2 Å². The van der Waals surface area contributed by atoms with Gasteiger partial charge in [0.05, 0.1) is 10.2 Å². The fraction of sp³-hybridized carbons (Fsp3) is 0.214. The zero-order chi connectivity index (χ0) is 25.1. The summed E-state index contributed by atoms with van der Waals surface area (Å²) in [6.45, 7) is 4.62. The first-order chi connectivity index (χ1) is 17.5. The second kappa shape index (κ2) is 10.3. The number of rotatable bonds is 7. The second-order valence-electron chi connectivity index (χ2n) is 8.97. The molecule has 1 atom stereocenters. The van der Waals surface area contributed by atoms with Gasteiger partial charge in [0.2, 0.25) is 5.96 Å². The molecule has 5 rings (SSSR count). The minimum absolute atomic E-state index is 0.0202. The van der Waals surface area contributed by atoms with Gasteiger partial charge in [0.1, 0.15) is 6.04 Å². The number of carbonyl (C=O) groups excluding carboxylic acids is 2. The molecule has 0 fully saturated rings. The normalized spacial score (nSPS) is 15.4. The van der Waals surface area contributed by atoms with Crippen LogP contribution < -0.4 is 10.6 Å². The Morgan fingerprint density at radius 1 is 1.00 bits per heavy atom. The maximum absolute atomic E-state index is 13.1. The molecule has 36 heavy (non-hydrogen) atoms. The molecule has 8 heteroatoms. The third-order valence-corrected chi connectivity index (χ3v) is 6.99. The molecule has 2 N–H and O–H groups in total. The van der Waals surface area contributed by atoms with E-state index in [4.69, 9.17) is 0 Å². The van der Waals surface area contributed by atoms with E-state index in [0.29, 0.717) is 5.56 Å². The summed E-state index contributed by atoms with van der Waals surface area (Å²) in [6, 6.07) is 24.3. The van der Waals surface area contributed by atoms with Crippen LogP contribution in [0.15, 0.2) is 83.9 Å². The average Bonchev–Trinajstić information content (AvgIpc) is 3.45. The van der Waals surface area contributed by atoms with E-state index < -0.39 is 6.04 Å². The molecule has 3 aromatic carbocycles. The zero-order valence-corrected chi connectivity index (χ0v) is 21.0. The SMILES string of the molecule is CC(C)[C@@H]1N=C(Nc2ccc(CCNc3nc4ccccc4s3)cc2)N(C(=O)c2ccccc2)C1=O. The molecular formula is C28H27N5O2S. The molecule has 0 bridgehead atoms. The number of aromatic nitrogens is 1. The molecule has 182 valence electrons. The van der Waals surface area contributed by atoms with Crippen molar-refractivity contribution in [2.45, 2.75) is 26.3 Å². The predicted molar refractivity (Wildman–Crippen MR) is 146 cm³/mol. The maximum atomic E-state index is 13.1.